The normalized spacial score (nSPS) is 9.78. The van der Waals surface area contributed by atoms with Crippen molar-refractivity contribution in [3.63, 3.8) is 0 Å². The highest BCUT2D eigenvalue weighted by atomic mass is 19.1. The van der Waals surface area contributed by atoms with E-state index in [4.69, 9.17) is 15.1 Å². The second kappa shape index (κ2) is 5.19. The van der Waals surface area contributed by atoms with Gasteiger partial charge in [-0.15, -0.1) is 0 Å². The largest absolute Gasteiger partial charge is 0.508 e. The summed E-state index contributed by atoms with van der Waals surface area (Å²) < 4.78 is 18.7. The van der Waals surface area contributed by atoms with Gasteiger partial charge in [-0.2, -0.15) is 5.26 Å². The molecule has 1 N–H and O–H groups in total. The maximum atomic E-state index is 13.3. The summed E-state index contributed by atoms with van der Waals surface area (Å²) in [7, 11) is 0. The van der Waals surface area contributed by atoms with Gasteiger partial charge in [-0.25, -0.2) is 4.39 Å². The SMILES string of the molecule is N#Cc1c(F)cccc1OCc1ccc(O)cc1. The number of hydrogen-bond acceptors (Lipinski definition) is 3. The van der Waals surface area contributed by atoms with Crippen molar-refractivity contribution in [3.8, 4) is 17.6 Å². The lowest BCUT2D eigenvalue weighted by Crippen LogP contribution is -1.98. The molecule has 0 aromatic heterocycles. The first-order chi connectivity index (χ1) is 8.70. The minimum Gasteiger partial charge on any atom is -0.508 e. The van der Waals surface area contributed by atoms with Gasteiger partial charge in [0.05, 0.1) is 0 Å². The van der Waals surface area contributed by atoms with Crippen LogP contribution in [0.5, 0.6) is 11.5 Å². The topological polar surface area (TPSA) is 53.2 Å². The minimum absolute atomic E-state index is 0.101. The van der Waals surface area contributed by atoms with E-state index in [9.17, 15) is 4.39 Å². The Kier molecular flexibility index (Phi) is 3.44. The Morgan fingerprint density at radius 3 is 2.56 bits per heavy atom. The van der Waals surface area contributed by atoms with Gasteiger partial charge < -0.3 is 9.84 Å². The van der Waals surface area contributed by atoms with E-state index in [1.54, 1.807) is 24.3 Å². The molecule has 0 saturated carbocycles. The van der Waals surface area contributed by atoms with Crippen molar-refractivity contribution in [2.24, 2.45) is 0 Å². The number of nitrogens with zero attached hydrogens (tertiary/aromatic N) is 1. The molecule has 0 saturated heterocycles. The highest BCUT2D eigenvalue weighted by Crippen LogP contribution is 2.21. The van der Waals surface area contributed by atoms with E-state index in [1.165, 1.54) is 24.3 Å². The summed E-state index contributed by atoms with van der Waals surface area (Å²) >= 11 is 0. The highest BCUT2D eigenvalue weighted by Gasteiger charge is 2.08. The number of halogens is 1. The number of hydrogen-bond donors (Lipinski definition) is 1. The fourth-order valence-corrected chi connectivity index (χ4v) is 1.49. The zero-order valence-electron chi connectivity index (χ0n) is 9.43. The molecular formula is C14H10FNO2. The van der Waals surface area contributed by atoms with Crippen LogP contribution in [0.4, 0.5) is 4.39 Å². The lowest BCUT2D eigenvalue weighted by atomic mass is 10.2. The molecule has 0 spiro atoms. The lowest BCUT2D eigenvalue weighted by molar-refractivity contribution is 0.303. The summed E-state index contributed by atoms with van der Waals surface area (Å²) in [5.41, 5.74) is 0.720. The molecule has 2 aromatic rings. The van der Waals surface area contributed by atoms with Crippen molar-refractivity contribution >= 4 is 0 Å². The van der Waals surface area contributed by atoms with Crippen LogP contribution in [-0.2, 0) is 6.61 Å². The number of phenols is 1. The Morgan fingerprint density at radius 1 is 1.17 bits per heavy atom. The Bertz CT molecular complexity index is 588. The molecule has 0 aliphatic carbocycles. The molecule has 0 amide bonds. The van der Waals surface area contributed by atoms with Crippen LogP contribution < -0.4 is 4.74 Å². The average molecular weight is 243 g/mol. The number of phenolic OH excluding ortho intramolecular Hbond substituents is 1. The summed E-state index contributed by atoms with van der Waals surface area (Å²) in [5.74, 6) is -0.214. The smallest absolute Gasteiger partial charge is 0.144 e. The van der Waals surface area contributed by atoms with E-state index in [-0.39, 0.29) is 23.7 Å². The molecule has 3 nitrogen and oxygen atoms in total. The summed E-state index contributed by atoms with van der Waals surface area (Å²) in [6.45, 7) is 0.207. The van der Waals surface area contributed by atoms with Gasteiger partial charge in [-0.1, -0.05) is 18.2 Å². The third-order valence-corrected chi connectivity index (χ3v) is 2.42. The third-order valence-electron chi connectivity index (χ3n) is 2.42. The molecule has 4 heteroatoms. The van der Waals surface area contributed by atoms with Crippen molar-refractivity contribution in [1.29, 1.82) is 5.26 Å². The van der Waals surface area contributed by atoms with Gasteiger partial charge >= 0.3 is 0 Å². The molecule has 2 aromatic carbocycles. The molecule has 0 heterocycles. The van der Waals surface area contributed by atoms with Crippen molar-refractivity contribution in [3.05, 3.63) is 59.4 Å². The molecule has 0 aliphatic heterocycles. The van der Waals surface area contributed by atoms with E-state index in [1.807, 2.05) is 0 Å². The van der Waals surface area contributed by atoms with Crippen LogP contribution in [-0.4, -0.2) is 5.11 Å². The zero-order valence-corrected chi connectivity index (χ0v) is 9.43. The van der Waals surface area contributed by atoms with Gasteiger partial charge in [0.15, 0.2) is 0 Å². The molecule has 0 radical (unpaired) electrons. The van der Waals surface area contributed by atoms with Gasteiger partial charge in [0, 0.05) is 0 Å². The van der Waals surface area contributed by atoms with Crippen LogP contribution in [0.1, 0.15) is 11.1 Å². The maximum absolute atomic E-state index is 13.3. The minimum atomic E-state index is -0.597. The summed E-state index contributed by atoms with van der Waals surface area (Å²) in [5, 5.41) is 18.0. The van der Waals surface area contributed by atoms with Crippen LogP contribution in [0, 0.1) is 17.1 Å². The third kappa shape index (κ3) is 2.58. The maximum Gasteiger partial charge on any atom is 0.144 e. The van der Waals surface area contributed by atoms with Crippen molar-refractivity contribution in [2.75, 3.05) is 0 Å². The van der Waals surface area contributed by atoms with Crippen LogP contribution in [0.15, 0.2) is 42.5 Å². The summed E-state index contributed by atoms with van der Waals surface area (Å²) in [6, 6.07) is 12.5. The Balaban J connectivity index is 2.14. The van der Waals surface area contributed by atoms with Gasteiger partial charge in [0.1, 0.15) is 35.6 Å². The van der Waals surface area contributed by atoms with Crippen molar-refractivity contribution in [1.82, 2.24) is 0 Å². The predicted molar refractivity (Wildman–Crippen MR) is 63.6 cm³/mol. The standard InChI is InChI=1S/C14H10FNO2/c15-13-2-1-3-14(12(13)8-16)18-9-10-4-6-11(17)7-5-10/h1-7,17H,9H2. The fourth-order valence-electron chi connectivity index (χ4n) is 1.49. The quantitative estimate of drug-likeness (QED) is 0.901. The fraction of sp³-hybridized carbons (Fsp3) is 0.0714. The number of ether oxygens (including phenoxy) is 1. The molecule has 0 unspecified atom stereocenters. The van der Waals surface area contributed by atoms with E-state index in [0.29, 0.717) is 0 Å². The molecule has 90 valence electrons. The molecule has 0 atom stereocenters. The molecule has 2 rings (SSSR count). The molecule has 0 fully saturated rings. The first-order valence-electron chi connectivity index (χ1n) is 5.30. The highest BCUT2D eigenvalue weighted by molar-refractivity contribution is 5.43. The lowest BCUT2D eigenvalue weighted by Gasteiger charge is -2.08. The zero-order chi connectivity index (χ0) is 13.0. The van der Waals surface area contributed by atoms with Crippen LogP contribution in [0.3, 0.4) is 0 Å². The average Bonchev–Trinajstić information content (AvgIpc) is 2.38. The van der Waals surface area contributed by atoms with Crippen LogP contribution in [0.2, 0.25) is 0 Å². The van der Waals surface area contributed by atoms with Crippen molar-refractivity contribution in [2.45, 2.75) is 6.61 Å². The Labute approximate surface area is 104 Å². The first kappa shape index (κ1) is 11.9. The second-order valence-corrected chi connectivity index (χ2v) is 3.68. The Hall–Kier alpha value is -2.54. The van der Waals surface area contributed by atoms with Gasteiger partial charge in [0.2, 0.25) is 0 Å². The number of rotatable bonds is 3. The second-order valence-electron chi connectivity index (χ2n) is 3.68. The predicted octanol–water partition coefficient (Wildman–Crippen LogP) is 2.98. The first-order valence-corrected chi connectivity index (χ1v) is 5.30. The molecule has 0 bridgehead atoms. The molecular weight excluding hydrogens is 233 g/mol. The summed E-state index contributed by atoms with van der Waals surface area (Å²) in [6.07, 6.45) is 0. The van der Waals surface area contributed by atoms with Gasteiger partial charge in [0.25, 0.3) is 0 Å². The van der Waals surface area contributed by atoms with Gasteiger partial charge in [-0.05, 0) is 29.8 Å². The molecule has 18 heavy (non-hydrogen) atoms. The van der Waals surface area contributed by atoms with Gasteiger partial charge in [-0.3, -0.25) is 0 Å². The number of benzene rings is 2. The monoisotopic (exact) mass is 243 g/mol. The number of nitriles is 1. The number of aromatic hydroxyl groups is 1. The van der Waals surface area contributed by atoms with E-state index in [2.05, 4.69) is 0 Å². The molecule has 0 aliphatic rings. The van der Waals surface area contributed by atoms with E-state index < -0.39 is 5.82 Å². The van der Waals surface area contributed by atoms with Crippen LogP contribution >= 0.6 is 0 Å². The van der Waals surface area contributed by atoms with Crippen molar-refractivity contribution < 1.29 is 14.2 Å². The van der Waals surface area contributed by atoms with Crippen LogP contribution in [0.25, 0.3) is 0 Å². The van der Waals surface area contributed by atoms with E-state index >= 15 is 0 Å². The Morgan fingerprint density at radius 2 is 1.89 bits per heavy atom. The summed E-state index contributed by atoms with van der Waals surface area (Å²) in [4.78, 5) is 0. The van der Waals surface area contributed by atoms with E-state index in [0.717, 1.165) is 5.56 Å².